The Morgan fingerprint density at radius 3 is 2.71 bits per heavy atom. The lowest BCUT2D eigenvalue weighted by Gasteiger charge is -2.30. The zero-order chi connectivity index (χ0) is 9.97. The summed E-state index contributed by atoms with van der Waals surface area (Å²) in [5.41, 5.74) is 1.14. The number of thiol groups is 1. The topological polar surface area (TPSA) is 15.3 Å². The smallest absolute Gasteiger partial charge is 0.0517 e. The fourth-order valence-electron chi connectivity index (χ4n) is 1.66. The van der Waals surface area contributed by atoms with Gasteiger partial charge in [-0.1, -0.05) is 11.6 Å². The highest BCUT2D eigenvalue weighted by Crippen LogP contribution is 2.27. The van der Waals surface area contributed by atoms with E-state index >= 15 is 0 Å². The first-order valence-electron chi connectivity index (χ1n) is 4.71. The van der Waals surface area contributed by atoms with Crippen molar-refractivity contribution in [2.75, 3.05) is 31.1 Å². The lowest BCUT2D eigenvalue weighted by atomic mass is 10.2. The van der Waals surface area contributed by atoms with Gasteiger partial charge < -0.3 is 10.2 Å². The molecule has 1 aromatic rings. The van der Waals surface area contributed by atoms with Crippen molar-refractivity contribution in [3.05, 3.63) is 23.2 Å². The molecular weight excluding hydrogens is 216 g/mol. The Bertz CT molecular complexity index is 324. The molecule has 2 nitrogen and oxygen atoms in total. The van der Waals surface area contributed by atoms with Crippen molar-refractivity contribution in [3.63, 3.8) is 0 Å². The van der Waals surface area contributed by atoms with E-state index in [-0.39, 0.29) is 0 Å². The Kier molecular flexibility index (Phi) is 3.21. The van der Waals surface area contributed by atoms with Crippen LogP contribution < -0.4 is 10.2 Å². The molecule has 1 aliphatic rings. The molecule has 1 fully saturated rings. The predicted octanol–water partition coefficient (Wildman–Crippen LogP) is 2.04. The number of nitrogens with one attached hydrogen (secondary N) is 1. The van der Waals surface area contributed by atoms with Crippen LogP contribution in [0.25, 0.3) is 0 Å². The second-order valence-electron chi connectivity index (χ2n) is 3.37. The summed E-state index contributed by atoms with van der Waals surface area (Å²) in [5, 5.41) is 4.09. The fourth-order valence-corrected chi connectivity index (χ4v) is 2.10. The summed E-state index contributed by atoms with van der Waals surface area (Å²) in [4.78, 5) is 3.31. The summed E-state index contributed by atoms with van der Waals surface area (Å²) in [6, 6.07) is 5.80. The molecule has 0 bridgehead atoms. The Balaban J connectivity index is 2.24. The maximum atomic E-state index is 5.96. The van der Waals surface area contributed by atoms with Gasteiger partial charge in [-0.05, 0) is 18.2 Å². The van der Waals surface area contributed by atoms with Gasteiger partial charge in [-0.3, -0.25) is 0 Å². The molecule has 76 valence electrons. The Labute approximate surface area is 94.7 Å². The predicted molar refractivity (Wildman–Crippen MR) is 63.8 cm³/mol. The average Bonchev–Trinajstić information content (AvgIpc) is 2.23. The molecule has 0 aliphatic carbocycles. The Morgan fingerprint density at radius 2 is 2.00 bits per heavy atom. The molecule has 0 saturated carbocycles. The van der Waals surface area contributed by atoms with Crippen LogP contribution in [0.5, 0.6) is 0 Å². The number of benzene rings is 1. The van der Waals surface area contributed by atoms with Gasteiger partial charge in [0.2, 0.25) is 0 Å². The summed E-state index contributed by atoms with van der Waals surface area (Å²) >= 11 is 10.4. The zero-order valence-corrected chi connectivity index (χ0v) is 9.48. The molecule has 0 aromatic heterocycles. The average molecular weight is 229 g/mol. The van der Waals surface area contributed by atoms with Crippen LogP contribution >= 0.6 is 24.2 Å². The molecular formula is C10H13ClN2S. The molecule has 1 heterocycles. The van der Waals surface area contributed by atoms with E-state index in [2.05, 4.69) is 22.8 Å². The molecule has 1 saturated heterocycles. The molecule has 1 aromatic carbocycles. The van der Waals surface area contributed by atoms with E-state index in [4.69, 9.17) is 11.6 Å². The van der Waals surface area contributed by atoms with Gasteiger partial charge in [0, 0.05) is 36.1 Å². The third-order valence-corrected chi connectivity index (χ3v) is 3.01. The third kappa shape index (κ3) is 2.16. The van der Waals surface area contributed by atoms with E-state index in [1.165, 1.54) is 0 Å². The molecule has 1 N–H and O–H groups in total. The van der Waals surface area contributed by atoms with Crippen LogP contribution in [0.4, 0.5) is 5.69 Å². The van der Waals surface area contributed by atoms with Gasteiger partial charge in [-0.15, -0.1) is 12.6 Å². The quantitative estimate of drug-likeness (QED) is 0.716. The largest absolute Gasteiger partial charge is 0.368 e. The molecule has 0 atom stereocenters. The van der Waals surface area contributed by atoms with Gasteiger partial charge in [0.1, 0.15) is 0 Å². The number of rotatable bonds is 1. The van der Waals surface area contributed by atoms with Gasteiger partial charge in [0.15, 0.2) is 0 Å². The number of hydrogen-bond acceptors (Lipinski definition) is 3. The van der Waals surface area contributed by atoms with Crippen LogP contribution in [-0.4, -0.2) is 26.2 Å². The normalized spacial score (nSPS) is 17.1. The molecule has 0 radical (unpaired) electrons. The van der Waals surface area contributed by atoms with E-state index in [1.807, 2.05) is 18.2 Å². The minimum Gasteiger partial charge on any atom is -0.368 e. The summed E-state index contributed by atoms with van der Waals surface area (Å²) < 4.78 is 0. The van der Waals surface area contributed by atoms with Crippen LogP contribution in [0.2, 0.25) is 5.02 Å². The summed E-state index contributed by atoms with van der Waals surface area (Å²) in [6.45, 7) is 4.10. The highest BCUT2D eigenvalue weighted by Gasteiger charge is 2.12. The van der Waals surface area contributed by atoms with E-state index in [9.17, 15) is 0 Å². The molecule has 14 heavy (non-hydrogen) atoms. The lowest BCUT2D eigenvalue weighted by Crippen LogP contribution is -2.43. The fraction of sp³-hybridized carbons (Fsp3) is 0.400. The summed E-state index contributed by atoms with van der Waals surface area (Å²) in [7, 11) is 0. The minimum atomic E-state index is 0.774. The van der Waals surface area contributed by atoms with Crippen LogP contribution in [-0.2, 0) is 0 Å². The maximum Gasteiger partial charge on any atom is 0.0517 e. The summed E-state index contributed by atoms with van der Waals surface area (Å²) in [5.74, 6) is 0. The molecule has 2 rings (SSSR count). The maximum absolute atomic E-state index is 5.96. The van der Waals surface area contributed by atoms with Crippen molar-refractivity contribution in [3.8, 4) is 0 Å². The first-order valence-corrected chi connectivity index (χ1v) is 5.54. The number of hydrogen-bond donors (Lipinski definition) is 2. The second-order valence-corrected chi connectivity index (χ2v) is 4.29. The van der Waals surface area contributed by atoms with Crippen LogP contribution in [0.15, 0.2) is 23.1 Å². The van der Waals surface area contributed by atoms with Crippen LogP contribution in [0, 0.1) is 0 Å². The van der Waals surface area contributed by atoms with Gasteiger partial charge in [-0.25, -0.2) is 0 Å². The molecule has 1 aliphatic heterocycles. The second kappa shape index (κ2) is 4.43. The minimum absolute atomic E-state index is 0.774. The van der Waals surface area contributed by atoms with Crippen molar-refractivity contribution in [2.24, 2.45) is 0 Å². The molecule has 0 spiro atoms. The van der Waals surface area contributed by atoms with Gasteiger partial charge in [-0.2, -0.15) is 0 Å². The first-order chi connectivity index (χ1) is 6.77. The lowest BCUT2D eigenvalue weighted by molar-refractivity contribution is 0.587. The van der Waals surface area contributed by atoms with Crippen LogP contribution in [0.1, 0.15) is 0 Å². The first kappa shape index (κ1) is 10.1. The Morgan fingerprint density at radius 1 is 1.29 bits per heavy atom. The standard InChI is InChI=1S/C10H13ClN2S/c11-8-1-2-10(14)9(7-8)13-5-3-12-4-6-13/h1-2,7,12,14H,3-6H2. The zero-order valence-electron chi connectivity index (χ0n) is 7.83. The molecule has 4 heteroatoms. The van der Waals surface area contributed by atoms with E-state index in [1.54, 1.807) is 0 Å². The van der Waals surface area contributed by atoms with Crippen molar-refractivity contribution in [1.29, 1.82) is 0 Å². The number of piperazine rings is 1. The number of halogens is 1. The van der Waals surface area contributed by atoms with Crippen molar-refractivity contribution in [1.82, 2.24) is 5.32 Å². The highest BCUT2D eigenvalue weighted by molar-refractivity contribution is 7.80. The van der Waals surface area contributed by atoms with Crippen LogP contribution in [0.3, 0.4) is 0 Å². The van der Waals surface area contributed by atoms with E-state index < -0.39 is 0 Å². The monoisotopic (exact) mass is 228 g/mol. The third-order valence-electron chi connectivity index (χ3n) is 2.40. The molecule has 0 unspecified atom stereocenters. The van der Waals surface area contributed by atoms with E-state index in [0.717, 1.165) is 41.8 Å². The number of anilines is 1. The molecule has 0 amide bonds. The van der Waals surface area contributed by atoms with Crippen molar-refractivity contribution >= 4 is 29.9 Å². The highest BCUT2D eigenvalue weighted by atomic mass is 35.5. The van der Waals surface area contributed by atoms with Gasteiger partial charge in [0.25, 0.3) is 0 Å². The van der Waals surface area contributed by atoms with Gasteiger partial charge >= 0.3 is 0 Å². The number of nitrogens with zero attached hydrogens (tertiary/aromatic N) is 1. The SMILES string of the molecule is Sc1ccc(Cl)cc1N1CCNCC1. The van der Waals surface area contributed by atoms with Crippen molar-refractivity contribution < 1.29 is 0 Å². The Hall–Kier alpha value is -0.380. The van der Waals surface area contributed by atoms with E-state index in [0.29, 0.717) is 0 Å². The summed E-state index contributed by atoms with van der Waals surface area (Å²) in [6.07, 6.45) is 0. The van der Waals surface area contributed by atoms with Crippen molar-refractivity contribution in [2.45, 2.75) is 4.90 Å². The van der Waals surface area contributed by atoms with Gasteiger partial charge in [0.05, 0.1) is 5.69 Å².